The number of aromatic nitrogens is 1. The lowest BCUT2D eigenvalue weighted by Gasteiger charge is -2.35. The van der Waals surface area contributed by atoms with Crippen molar-refractivity contribution in [2.45, 2.75) is 13.8 Å². The fourth-order valence-electron chi connectivity index (χ4n) is 3.93. The SMILES string of the molecule is Cc1ccc2c(C(=O)CN3CCN(c4ccc(Cl)c(Cl)c4)CC3)c(C)[nH]c2c1. The molecule has 1 aliphatic heterocycles. The molecule has 1 fully saturated rings. The first-order valence-corrected chi connectivity index (χ1v) is 10.2. The number of hydrogen-bond acceptors (Lipinski definition) is 3. The maximum absolute atomic E-state index is 13.0. The number of anilines is 1. The average Bonchev–Trinajstić information content (AvgIpc) is 2.99. The first-order valence-electron chi connectivity index (χ1n) is 9.47. The van der Waals surface area contributed by atoms with Gasteiger partial charge in [0.1, 0.15) is 0 Å². The Hall–Kier alpha value is -2.01. The smallest absolute Gasteiger partial charge is 0.179 e. The molecular weight excluding hydrogens is 393 g/mol. The number of benzene rings is 2. The van der Waals surface area contributed by atoms with Gasteiger partial charge >= 0.3 is 0 Å². The lowest BCUT2D eigenvalue weighted by molar-refractivity contribution is 0.0927. The topological polar surface area (TPSA) is 39.3 Å². The Morgan fingerprint density at radius 2 is 1.75 bits per heavy atom. The predicted octanol–water partition coefficient (Wildman–Crippen LogP) is 5.10. The Bertz CT molecular complexity index is 1040. The second-order valence-corrected chi connectivity index (χ2v) is 8.27. The van der Waals surface area contributed by atoms with E-state index in [4.69, 9.17) is 23.2 Å². The van der Waals surface area contributed by atoms with Crippen molar-refractivity contribution in [2.75, 3.05) is 37.6 Å². The van der Waals surface area contributed by atoms with Gasteiger partial charge in [-0.3, -0.25) is 9.69 Å². The third kappa shape index (κ3) is 3.77. The molecule has 1 aliphatic rings. The van der Waals surface area contributed by atoms with E-state index in [9.17, 15) is 4.79 Å². The molecule has 0 saturated carbocycles. The predicted molar refractivity (Wildman–Crippen MR) is 117 cm³/mol. The zero-order chi connectivity index (χ0) is 19.8. The van der Waals surface area contributed by atoms with Crippen LogP contribution < -0.4 is 4.90 Å². The molecule has 28 heavy (non-hydrogen) atoms. The number of Topliss-reactive ketones (excluding diaryl/α,β-unsaturated/α-hetero) is 1. The minimum Gasteiger partial charge on any atom is -0.369 e. The molecule has 0 spiro atoms. The normalized spacial score (nSPS) is 15.4. The van der Waals surface area contributed by atoms with Gasteiger partial charge < -0.3 is 9.88 Å². The van der Waals surface area contributed by atoms with Crippen molar-refractivity contribution in [3.05, 3.63) is 63.3 Å². The molecule has 1 aromatic heterocycles. The summed E-state index contributed by atoms with van der Waals surface area (Å²) in [6, 6.07) is 11.9. The number of rotatable bonds is 4. The van der Waals surface area contributed by atoms with Crippen LogP contribution in [-0.2, 0) is 0 Å². The van der Waals surface area contributed by atoms with Crippen LogP contribution in [-0.4, -0.2) is 48.4 Å². The van der Waals surface area contributed by atoms with Crippen molar-refractivity contribution >= 4 is 45.6 Å². The number of hydrogen-bond donors (Lipinski definition) is 1. The van der Waals surface area contributed by atoms with Crippen molar-refractivity contribution in [3.63, 3.8) is 0 Å². The summed E-state index contributed by atoms with van der Waals surface area (Å²) < 4.78 is 0. The van der Waals surface area contributed by atoms with E-state index in [0.717, 1.165) is 54.0 Å². The summed E-state index contributed by atoms with van der Waals surface area (Å²) >= 11 is 12.2. The number of aryl methyl sites for hydroxylation is 2. The van der Waals surface area contributed by atoms with Crippen LogP contribution in [0.25, 0.3) is 10.9 Å². The maximum Gasteiger partial charge on any atom is 0.179 e. The summed E-state index contributed by atoms with van der Waals surface area (Å²) in [5.41, 5.74) is 5.06. The molecule has 0 amide bonds. The van der Waals surface area contributed by atoms with E-state index in [1.54, 1.807) is 0 Å². The molecule has 3 aromatic rings. The minimum absolute atomic E-state index is 0.176. The van der Waals surface area contributed by atoms with Crippen molar-refractivity contribution in [3.8, 4) is 0 Å². The molecule has 2 aromatic carbocycles. The largest absolute Gasteiger partial charge is 0.369 e. The van der Waals surface area contributed by atoms with E-state index in [1.807, 2.05) is 31.2 Å². The highest BCUT2D eigenvalue weighted by molar-refractivity contribution is 6.42. The van der Waals surface area contributed by atoms with E-state index in [1.165, 1.54) is 5.56 Å². The average molecular weight is 416 g/mol. The lowest BCUT2D eigenvalue weighted by Crippen LogP contribution is -2.48. The van der Waals surface area contributed by atoms with Gasteiger partial charge in [0, 0.05) is 54.0 Å². The first kappa shape index (κ1) is 19.3. The number of aromatic amines is 1. The first-order chi connectivity index (χ1) is 13.4. The van der Waals surface area contributed by atoms with E-state index in [2.05, 4.69) is 33.8 Å². The molecule has 0 bridgehead atoms. The van der Waals surface area contributed by atoms with Crippen molar-refractivity contribution < 1.29 is 4.79 Å². The highest BCUT2D eigenvalue weighted by Crippen LogP contribution is 2.28. The van der Waals surface area contributed by atoms with Crippen LogP contribution in [0, 0.1) is 13.8 Å². The van der Waals surface area contributed by atoms with Crippen LogP contribution in [0.15, 0.2) is 36.4 Å². The Kier molecular flexibility index (Phi) is 5.37. The second-order valence-electron chi connectivity index (χ2n) is 7.46. The Morgan fingerprint density at radius 3 is 2.46 bits per heavy atom. The van der Waals surface area contributed by atoms with Crippen LogP contribution in [0.5, 0.6) is 0 Å². The zero-order valence-electron chi connectivity index (χ0n) is 16.1. The monoisotopic (exact) mass is 415 g/mol. The van der Waals surface area contributed by atoms with Gasteiger partial charge in [0.05, 0.1) is 16.6 Å². The quantitative estimate of drug-likeness (QED) is 0.602. The third-order valence-corrected chi connectivity index (χ3v) is 6.17. The molecule has 1 N–H and O–H groups in total. The van der Waals surface area contributed by atoms with Gasteiger partial charge in [-0.2, -0.15) is 0 Å². The summed E-state index contributed by atoms with van der Waals surface area (Å²) in [7, 11) is 0. The molecule has 4 rings (SSSR count). The number of carbonyl (C=O) groups is 1. The molecule has 0 atom stereocenters. The molecule has 2 heterocycles. The van der Waals surface area contributed by atoms with Gasteiger partial charge in [-0.15, -0.1) is 0 Å². The van der Waals surface area contributed by atoms with Gasteiger partial charge in [-0.05, 0) is 43.7 Å². The zero-order valence-corrected chi connectivity index (χ0v) is 17.6. The van der Waals surface area contributed by atoms with Crippen LogP contribution >= 0.6 is 23.2 Å². The molecule has 6 heteroatoms. The van der Waals surface area contributed by atoms with Gasteiger partial charge in [-0.1, -0.05) is 35.3 Å². The van der Waals surface area contributed by atoms with Crippen LogP contribution in [0.4, 0.5) is 5.69 Å². The molecule has 0 unspecified atom stereocenters. The Labute approximate surface area is 175 Å². The number of piperazine rings is 1. The number of carbonyl (C=O) groups excluding carboxylic acids is 1. The van der Waals surface area contributed by atoms with Crippen molar-refractivity contribution in [1.82, 2.24) is 9.88 Å². The number of nitrogens with zero attached hydrogens (tertiary/aromatic N) is 2. The molecule has 0 aliphatic carbocycles. The van der Waals surface area contributed by atoms with E-state index in [-0.39, 0.29) is 5.78 Å². The highest BCUT2D eigenvalue weighted by Gasteiger charge is 2.23. The minimum atomic E-state index is 0.176. The summed E-state index contributed by atoms with van der Waals surface area (Å²) in [5.74, 6) is 0.176. The Balaban J connectivity index is 1.43. The van der Waals surface area contributed by atoms with E-state index >= 15 is 0 Å². The Morgan fingerprint density at radius 1 is 1.00 bits per heavy atom. The third-order valence-electron chi connectivity index (χ3n) is 5.43. The van der Waals surface area contributed by atoms with Gasteiger partial charge in [0.2, 0.25) is 0 Å². The summed E-state index contributed by atoms with van der Waals surface area (Å²) in [5, 5.41) is 2.16. The van der Waals surface area contributed by atoms with Gasteiger partial charge in [-0.25, -0.2) is 0 Å². The summed E-state index contributed by atoms with van der Waals surface area (Å²) in [6.45, 7) is 7.87. The molecule has 4 nitrogen and oxygen atoms in total. The van der Waals surface area contributed by atoms with Crippen molar-refractivity contribution in [1.29, 1.82) is 0 Å². The number of ketones is 1. The van der Waals surface area contributed by atoms with Crippen LogP contribution in [0.1, 0.15) is 21.6 Å². The summed E-state index contributed by atoms with van der Waals surface area (Å²) in [4.78, 5) is 20.9. The second kappa shape index (κ2) is 7.78. The fourth-order valence-corrected chi connectivity index (χ4v) is 4.23. The van der Waals surface area contributed by atoms with Crippen molar-refractivity contribution in [2.24, 2.45) is 0 Å². The molecule has 1 saturated heterocycles. The molecule has 0 radical (unpaired) electrons. The number of H-pyrrole nitrogens is 1. The number of fused-ring (bicyclic) bond motifs is 1. The van der Waals surface area contributed by atoms with Crippen LogP contribution in [0.3, 0.4) is 0 Å². The van der Waals surface area contributed by atoms with Crippen LogP contribution in [0.2, 0.25) is 10.0 Å². The highest BCUT2D eigenvalue weighted by atomic mass is 35.5. The lowest BCUT2D eigenvalue weighted by atomic mass is 10.0. The fraction of sp³-hybridized carbons (Fsp3) is 0.318. The van der Waals surface area contributed by atoms with Gasteiger partial charge in [0.25, 0.3) is 0 Å². The number of halogens is 2. The maximum atomic E-state index is 13.0. The summed E-state index contributed by atoms with van der Waals surface area (Å²) in [6.07, 6.45) is 0. The van der Waals surface area contributed by atoms with E-state index in [0.29, 0.717) is 16.6 Å². The molecule has 146 valence electrons. The molecular formula is C22H23Cl2N3O. The number of nitrogens with one attached hydrogen (secondary N) is 1. The standard InChI is InChI=1S/C22H23Cl2N3O/c1-14-3-5-17-20(11-14)25-15(2)22(17)21(28)13-26-7-9-27(10-8-26)16-4-6-18(23)19(24)12-16/h3-6,11-12,25H,7-10,13H2,1-2H3. The van der Waals surface area contributed by atoms with Gasteiger partial charge in [0.15, 0.2) is 5.78 Å². The van der Waals surface area contributed by atoms with E-state index < -0.39 is 0 Å².